The number of rotatable bonds is 3. The van der Waals surface area contributed by atoms with Gasteiger partial charge in [0.15, 0.2) is 0 Å². The Balaban J connectivity index is 2.05. The lowest BCUT2D eigenvalue weighted by Gasteiger charge is -2.18. The highest BCUT2D eigenvalue weighted by Gasteiger charge is 2.23. The van der Waals surface area contributed by atoms with Crippen LogP contribution in [0.4, 0.5) is 11.5 Å². The maximum absolute atomic E-state index is 5.76. The van der Waals surface area contributed by atoms with E-state index < -0.39 is 0 Å². The molecule has 4 nitrogen and oxygen atoms in total. The Bertz CT molecular complexity index is 367. The molecule has 1 aliphatic rings. The van der Waals surface area contributed by atoms with E-state index in [4.69, 9.17) is 10.5 Å². The summed E-state index contributed by atoms with van der Waals surface area (Å²) < 4.78 is 5.19. The van der Waals surface area contributed by atoms with Crippen molar-refractivity contribution in [2.45, 2.75) is 13.3 Å². The smallest absolute Gasteiger partial charge is 0.128 e. The molecule has 2 heterocycles. The fourth-order valence-corrected chi connectivity index (χ4v) is 2.15. The maximum atomic E-state index is 5.76. The van der Waals surface area contributed by atoms with Crippen molar-refractivity contribution in [1.82, 2.24) is 4.98 Å². The van der Waals surface area contributed by atoms with Crippen molar-refractivity contribution in [2.24, 2.45) is 5.92 Å². The van der Waals surface area contributed by atoms with E-state index in [9.17, 15) is 0 Å². The van der Waals surface area contributed by atoms with E-state index in [1.165, 1.54) is 6.42 Å². The highest BCUT2D eigenvalue weighted by Crippen LogP contribution is 2.23. The Morgan fingerprint density at radius 2 is 2.38 bits per heavy atom. The average Bonchev–Trinajstić information content (AvgIpc) is 2.71. The largest absolute Gasteiger partial charge is 0.397 e. The lowest BCUT2D eigenvalue weighted by atomic mass is 10.1. The fourth-order valence-electron chi connectivity index (χ4n) is 2.15. The summed E-state index contributed by atoms with van der Waals surface area (Å²) >= 11 is 0. The lowest BCUT2D eigenvalue weighted by molar-refractivity contribution is 0.161. The van der Waals surface area contributed by atoms with E-state index in [1.54, 1.807) is 7.11 Å². The number of hydrogen-bond acceptors (Lipinski definition) is 4. The molecule has 1 atom stereocenters. The molecule has 1 aromatic rings. The Morgan fingerprint density at radius 3 is 3.06 bits per heavy atom. The zero-order valence-electron chi connectivity index (χ0n) is 9.94. The van der Waals surface area contributed by atoms with Gasteiger partial charge < -0.3 is 15.4 Å². The fraction of sp³-hybridized carbons (Fsp3) is 0.583. The molecule has 4 heteroatoms. The number of nitrogens with two attached hydrogens (primary N) is 1. The Labute approximate surface area is 96.4 Å². The van der Waals surface area contributed by atoms with Gasteiger partial charge in [-0.05, 0) is 25.5 Å². The number of ether oxygens (including phenoxy) is 1. The summed E-state index contributed by atoms with van der Waals surface area (Å²) in [6.45, 7) is 4.88. The van der Waals surface area contributed by atoms with Gasteiger partial charge in [0.1, 0.15) is 5.82 Å². The molecule has 1 fully saturated rings. The minimum atomic E-state index is 0.629. The van der Waals surface area contributed by atoms with E-state index >= 15 is 0 Å². The van der Waals surface area contributed by atoms with Crippen LogP contribution in [0.3, 0.4) is 0 Å². The molecule has 0 amide bonds. The zero-order chi connectivity index (χ0) is 11.5. The topological polar surface area (TPSA) is 51.4 Å². The van der Waals surface area contributed by atoms with Crippen molar-refractivity contribution in [3.63, 3.8) is 0 Å². The number of hydrogen-bond donors (Lipinski definition) is 1. The van der Waals surface area contributed by atoms with E-state index in [1.807, 2.05) is 19.1 Å². The molecule has 2 rings (SSSR count). The molecular weight excluding hydrogens is 202 g/mol. The summed E-state index contributed by atoms with van der Waals surface area (Å²) in [5, 5.41) is 0. The highest BCUT2D eigenvalue weighted by molar-refractivity contribution is 5.50. The van der Waals surface area contributed by atoms with Gasteiger partial charge in [0.25, 0.3) is 0 Å². The molecule has 0 aliphatic carbocycles. The second kappa shape index (κ2) is 4.70. The van der Waals surface area contributed by atoms with E-state index in [0.29, 0.717) is 5.92 Å². The predicted octanol–water partition coefficient (Wildman–Crippen LogP) is 1.44. The molecule has 0 bridgehead atoms. The first kappa shape index (κ1) is 11.2. The minimum absolute atomic E-state index is 0.629. The number of nitrogens with zero attached hydrogens (tertiary/aromatic N) is 2. The molecule has 1 saturated heterocycles. The number of anilines is 2. The van der Waals surface area contributed by atoms with Crippen molar-refractivity contribution >= 4 is 11.5 Å². The first-order valence-electron chi connectivity index (χ1n) is 5.67. The van der Waals surface area contributed by atoms with Gasteiger partial charge in [-0.25, -0.2) is 4.98 Å². The van der Waals surface area contributed by atoms with Crippen molar-refractivity contribution < 1.29 is 4.74 Å². The molecule has 1 unspecified atom stereocenters. The van der Waals surface area contributed by atoms with Gasteiger partial charge in [-0.2, -0.15) is 0 Å². The van der Waals surface area contributed by atoms with Crippen LogP contribution in [0.5, 0.6) is 0 Å². The molecular formula is C12H19N3O. The Hall–Kier alpha value is -1.29. The van der Waals surface area contributed by atoms with Gasteiger partial charge >= 0.3 is 0 Å². The predicted molar refractivity (Wildman–Crippen MR) is 65.6 cm³/mol. The van der Waals surface area contributed by atoms with Crippen molar-refractivity contribution in [1.29, 1.82) is 0 Å². The van der Waals surface area contributed by atoms with Gasteiger partial charge in [-0.3, -0.25) is 0 Å². The van der Waals surface area contributed by atoms with Crippen molar-refractivity contribution in [3.05, 3.63) is 17.8 Å². The van der Waals surface area contributed by atoms with Crippen molar-refractivity contribution in [2.75, 3.05) is 37.4 Å². The van der Waals surface area contributed by atoms with Crippen molar-refractivity contribution in [3.8, 4) is 0 Å². The standard InChI is InChI=1S/C12H19N3O/c1-9-11(13)3-4-12(14-9)15-6-5-10(7-15)8-16-2/h3-4,10H,5-8,13H2,1-2H3. The third-order valence-corrected chi connectivity index (χ3v) is 3.12. The quantitative estimate of drug-likeness (QED) is 0.839. The number of methoxy groups -OCH3 is 1. The third kappa shape index (κ3) is 2.27. The lowest BCUT2D eigenvalue weighted by Crippen LogP contribution is -2.22. The Morgan fingerprint density at radius 1 is 1.56 bits per heavy atom. The van der Waals surface area contributed by atoms with E-state index in [0.717, 1.165) is 36.9 Å². The average molecular weight is 221 g/mol. The Kier molecular flexibility index (Phi) is 3.29. The summed E-state index contributed by atoms with van der Waals surface area (Å²) in [6, 6.07) is 3.93. The van der Waals surface area contributed by atoms with Gasteiger partial charge in [0, 0.05) is 26.1 Å². The zero-order valence-corrected chi connectivity index (χ0v) is 9.94. The second-order valence-corrected chi connectivity index (χ2v) is 4.40. The van der Waals surface area contributed by atoms with Crippen LogP contribution in [-0.2, 0) is 4.74 Å². The van der Waals surface area contributed by atoms with Crippen LogP contribution < -0.4 is 10.6 Å². The third-order valence-electron chi connectivity index (χ3n) is 3.12. The first-order chi connectivity index (χ1) is 7.70. The van der Waals surface area contributed by atoms with Gasteiger partial charge in [0.2, 0.25) is 0 Å². The number of aryl methyl sites for hydroxylation is 1. The molecule has 1 aromatic heterocycles. The normalized spacial score (nSPS) is 20.4. The summed E-state index contributed by atoms with van der Waals surface area (Å²) in [5.74, 6) is 1.66. The molecule has 2 N–H and O–H groups in total. The van der Waals surface area contributed by atoms with Crippen LogP contribution in [0, 0.1) is 12.8 Å². The van der Waals surface area contributed by atoms with Gasteiger partial charge in [-0.15, -0.1) is 0 Å². The molecule has 88 valence electrons. The summed E-state index contributed by atoms with van der Waals surface area (Å²) in [4.78, 5) is 6.81. The molecule has 0 radical (unpaired) electrons. The summed E-state index contributed by atoms with van der Waals surface area (Å²) in [5.41, 5.74) is 7.43. The van der Waals surface area contributed by atoms with Crippen LogP contribution in [0.2, 0.25) is 0 Å². The van der Waals surface area contributed by atoms with Crippen LogP contribution in [-0.4, -0.2) is 31.8 Å². The summed E-state index contributed by atoms with van der Waals surface area (Å²) in [7, 11) is 1.76. The monoisotopic (exact) mass is 221 g/mol. The van der Waals surface area contributed by atoms with E-state index in [2.05, 4.69) is 9.88 Å². The number of aromatic nitrogens is 1. The molecule has 1 aliphatic heterocycles. The minimum Gasteiger partial charge on any atom is -0.397 e. The maximum Gasteiger partial charge on any atom is 0.128 e. The van der Waals surface area contributed by atoms with Crippen LogP contribution in [0.15, 0.2) is 12.1 Å². The van der Waals surface area contributed by atoms with Crippen LogP contribution in [0.1, 0.15) is 12.1 Å². The second-order valence-electron chi connectivity index (χ2n) is 4.40. The van der Waals surface area contributed by atoms with E-state index in [-0.39, 0.29) is 0 Å². The molecule has 0 spiro atoms. The van der Waals surface area contributed by atoms with Gasteiger partial charge in [0.05, 0.1) is 18.0 Å². The SMILES string of the molecule is COCC1CCN(c2ccc(N)c(C)n2)C1. The van der Waals surface area contributed by atoms with Crippen LogP contribution in [0.25, 0.3) is 0 Å². The molecule has 0 aromatic carbocycles. The first-order valence-corrected chi connectivity index (χ1v) is 5.67. The summed E-state index contributed by atoms with van der Waals surface area (Å²) in [6.07, 6.45) is 1.18. The van der Waals surface area contributed by atoms with Crippen LogP contribution >= 0.6 is 0 Å². The molecule has 0 saturated carbocycles. The highest BCUT2D eigenvalue weighted by atomic mass is 16.5. The number of nitrogen functional groups attached to an aromatic ring is 1. The molecule has 16 heavy (non-hydrogen) atoms. The number of pyridine rings is 1. The van der Waals surface area contributed by atoms with Gasteiger partial charge in [-0.1, -0.05) is 0 Å².